The lowest BCUT2D eigenvalue weighted by Gasteiger charge is -2.15. The van der Waals surface area contributed by atoms with Crippen LogP contribution in [0.15, 0.2) is 0 Å². The lowest BCUT2D eigenvalue weighted by Crippen LogP contribution is -2.18. The van der Waals surface area contributed by atoms with Crippen LogP contribution in [-0.4, -0.2) is 27.5 Å². The van der Waals surface area contributed by atoms with E-state index in [1.54, 1.807) is 0 Å². The Morgan fingerprint density at radius 1 is 1.29 bits per heavy atom. The Morgan fingerprint density at radius 3 is 2.82 bits per heavy atom. The summed E-state index contributed by atoms with van der Waals surface area (Å²) in [5.41, 5.74) is 0. The molecule has 4 nitrogen and oxygen atoms in total. The van der Waals surface area contributed by atoms with Gasteiger partial charge in [-0.2, -0.15) is 5.10 Å². The quantitative estimate of drug-likeness (QED) is 0.842. The van der Waals surface area contributed by atoms with Crippen molar-refractivity contribution in [3.63, 3.8) is 0 Å². The number of rotatable bonds is 3. The van der Waals surface area contributed by atoms with E-state index in [1.165, 1.54) is 32.1 Å². The summed E-state index contributed by atoms with van der Waals surface area (Å²) >= 11 is 5.33. The summed E-state index contributed by atoms with van der Waals surface area (Å²) in [6.07, 6.45) is 7.82. The van der Waals surface area contributed by atoms with Crippen molar-refractivity contribution >= 4 is 12.2 Å². The maximum absolute atomic E-state index is 5.69. The summed E-state index contributed by atoms with van der Waals surface area (Å²) in [6.45, 7) is 1.77. The van der Waals surface area contributed by atoms with Crippen LogP contribution < -0.4 is 0 Å². The molecule has 1 atom stereocenters. The number of hydrogen-bond acceptors (Lipinski definition) is 3. The molecule has 1 aromatic heterocycles. The largest absolute Gasteiger partial charge is 0.376 e. The number of hydrogen-bond donors (Lipinski definition) is 1. The Bertz CT molecular complexity index is 427. The first kappa shape index (κ1) is 11.4. The normalized spacial score (nSPS) is 25.8. The van der Waals surface area contributed by atoms with Gasteiger partial charge >= 0.3 is 0 Å². The maximum atomic E-state index is 5.69. The summed E-state index contributed by atoms with van der Waals surface area (Å²) in [6, 6.07) is 0. The molecule has 0 bridgehead atoms. The Kier molecular flexibility index (Phi) is 3.29. The summed E-state index contributed by atoms with van der Waals surface area (Å²) in [4.78, 5) is 0. The van der Waals surface area contributed by atoms with Crippen molar-refractivity contribution < 1.29 is 4.74 Å². The molecule has 5 heteroatoms. The fourth-order valence-corrected chi connectivity index (χ4v) is 3.21. The molecule has 1 aromatic rings. The van der Waals surface area contributed by atoms with E-state index in [4.69, 9.17) is 17.0 Å². The van der Waals surface area contributed by atoms with E-state index >= 15 is 0 Å². The smallest absolute Gasteiger partial charge is 0.195 e. The summed E-state index contributed by atoms with van der Waals surface area (Å²) < 4.78 is 8.61. The van der Waals surface area contributed by atoms with Crippen molar-refractivity contribution in [1.29, 1.82) is 0 Å². The van der Waals surface area contributed by atoms with Gasteiger partial charge in [0.05, 0.1) is 12.6 Å². The Hall–Kier alpha value is -0.680. The van der Waals surface area contributed by atoms with Gasteiger partial charge in [-0.1, -0.05) is 12.8 Å². The molecule has 2 aliphatic rings. The minimum Gasteiger partial charge on any atom is -0.376 e. The average Bonchev–Trinajstić information content (AvgIpc) is 3.03. The molecule has 3 rings (SSSR count). The molecule has 0 spiro atoms. The summed E-state index contributed by atoms with van der Waals surface area (Å²) in [7, 11) is 0. The van der Waals surface area contributed by atoms with Gasteiger partial charge in [0.2, 0.25) is 0 Å². The number of ether oxygens (including phenoxy) is 1. The van der Waals surface area contributed by atoms with Crippen LogP contribution in [0.3, 0.4) is 0 Å². The van der Waals surface area contributed by atoms with E-state index in [0.29, 0.717) is 12.0 Å². The van der Waals surface area contributed by atoms with E-state index in [2.05, 4.69) is 14.8 Å². The van der Waals surface area contributed by atoms with Crippen molar-refractivity contribution in [3.8, 4) is 0 Å². The van der Waals surface area contributed by atoms with Crippen molar-refractivity contribution in [3.05, 3.63) is 10.6 Å². The predicted octanol–water partition coefficient (Wildman–Crippen LogP) is 2.78. The molecule has 17 heavy (non-hydrogen) atoms. The van der Waals surface area contributed by atoms with Crippen LogP contribution in [0.1, 0.15) is 50.3 Å². The Balaban J connectivity index is 1.81. The third-order valence-corrected chi connectivity index (χ3v) is 4.23. The molecular weight excluding hydrogens is 234 g/mol. The fraction of sp³-hybridized carbons (Fsp3) is 0.833. The van der Waals surface area contributed by atoms with Crippen LogP contribution >= 0.6 is 12.2 Å². The highest BCUT2D eigenvalue weighted by Crippen LogP contribution is 2.33. The van der Waals surface area contributed by atoms with Crippen molar-refractivity contribution in [2.45, 2.75) is 57.1 Å². The van der Waals surface area contributed by atoms with Gasteiger partial charge in [-0.3, -0.25) is 5.10 Å². The van der Waals surface area contributed by atoms with Gasteiger partial charge in [-0.25, -0.2) is 0 Å². The molecule has 1 saturated heterocycles. The standard InChI is InChI=1S/C12H19N3OS/c17-12-14-13-11(9-4-1-2-5-9)15(12)8-10-6-3-7-16-10/h9-10H,1-8H2,(H,14,17)/t10-/m0/s1. The van der Waals surface area contributed by atoms with Gasteiger partial charge in [0.1, 0.15) is 5.82 Å². The van der Waals surface area contributed by atoms with Crippen molar-refractivity contribution in [1.82, 2.24) is 14.8 Å². The van der Waals surface area contributed by atoms with Gasteiger partial charge in [-0.05, 0) is 37.9 Å². The lowest BCUT2D eigenvalue weighted by molar-refractivity contribution is 0.0956. The van der Waals surface area contributed by atoms with Crippen LogP contribution in [0.4, 0.5) is 0 Å². The average molecular weight is 253 g/mol. The van der Waals surface area contributed by atoms with E-state index < -0.39 is 0 Å². The number of nitrogens with zero attached hydrogens (tertiary/aromatic N) is 2. The zero-order valence-corrected chi connectivity index (χ0v) is 10.8. The summed E-state index contributed by atoms with van der Waals surface area (Å²) in [5.74, 6) is 1.76. The van der Waals surface area contributed by atoms with Crippen LogP contribution in [0.5, 0.6) is 0 Å². The van der Waals surface area contributed by atoms with Gasteiger partial charge in [0.25, 0.3) is 0 Å². The van der Waals surface area contributed by atoms with Crippen LogP contribution in [0.2, 0.25) is 0 Å². The molecule has 1 aliphatic heterocycles. The zero-order chi connectivity index (χ0) is 11.7. The zero-order valence-electron chi connectivity index (χ0n) is 10.0. The molecule has 2 heterocycles. The fourth-order valence-electron chi connectivity index (χ4n) is 2.99. The molecule has 1 saturated carbocycles. The summed E-state index contributed by atoms with van der Waals surface area (Å²) in [5, 5.41) is 7.38. The first-order chi connectivity index (χ1) is 8.34. The first-order valence-electron chi connectivity index (χ1n) is 6.61. The Morgan fingerprint density at radius 2 is 2.12 bits per heavy atom. The maximum Gasteiger partial charge on any atom is 0.195 e. The van der Waals surface area contributed by atoms with Crippen molar-refractivity contribution in [2.75, 3.05) is 6.61 Å². The van der Waals surface area contributed by atoms with E-state index in [9.17, 15) is 0 Å². The predicted molar refractivity (Wildman–Crippen MR) is 67.6 cm³/mol. The third kappa shape index (κ3) is 2.31. The van der Waals surface area contributed by atoms with Crippen LogP contribution in [0.25, 0.3) is 0 Å². The molecule has 0 radical (unpaired) electrons. The van der Waals surface area contributed by atoms with Crippen LogP contribution in [0, 0.1) is 4.77 Å². The monoisotopic (exact) mass is 253 g/mol. The molecule has 1 aliphatic carbocycles. The molecule has 0 unspecified atom stereocenters. The van der Waals surface area contributed by atoms with Gasteiger partial charge in [0.15, 0.2) is 4.77 Å². The third-order valence-electron chi connectivity index (χ3n) is 3.92. The van der Waals surface area contributed by atoms with Gasteiger partial charge in [-0.15, -0.1) is 0 Å². The lowest BCUT2D eigenvalue weighted by atomic mass is 10.1. The highest BCUT2D eigenvalue weighted by Gasteiger charge is 2.25. The minimum absolute atomic E-state index is 0.333. The number of aromatic amines is 1. The minimum atomic E-state index is 0.333. The topological polar surface area (TPSA) is 42.8 Å². The second-order valence-electron chi connectivity index (χ2n) is 5.11. The van der Waals surface area contributed by atoms with E-state index in [0.717, 1.165) is 30.2 Å². The second kappa shape index (κ2) is 4.90. The highest BCUT2D eigenvalue weighted by atomic mass is 32.1. The number of nitrogens with one attached hydrogen (secondary N) is 1. The molecule has 1 N–H and O–H groups in total. The van der Waals surface area contributed by atoms with Gasteiger partial charge < -0.3 is 9.30 Å². The van der Waals surface area contributed by atoms with Crippen molar-refractivity contribution in [2.24, 2.45) is 0 Å². The molecule has 94 valence electrons. The first-order valence-corrected chi connectivity index (χ1v) is 7.02. The molecule has 2 fully saturated rings. The van der Waals surface area contributed by atoms with Gasteiger partial charge in [0, 0.05) is 12.5 Å². The molecule has 0 amide bonds. The molecular formula is C12H19N3OS. The second-order valence-corrected chi connectivity index (χ2v) is 5.50. The van der Waals surface area contributed by atoms with Crippen LogP contribution in [-0.2, 0) is 11.3 Å². The van der Waals surface area contributed by atoms with E-state index in [-0.39, 0.29) is 0 Å². The SMILES string of the molecule is S=c1[nH]nc(C2CCCC2)n1C[C@@H]1CCCO1. The Labute approximate surface area is 106 Å². The molecule has 0 aromatic carbocycles. The van der Waals surface area contributed by atoms with E-state index in [1.807, 2.05) is 0 Å². The highest BCUT2D eigenvalue weighted by molar-refractivity contribution is 7.71. The number of aromatic nitrogens is 3. The number of H-pyrrole nitrogens is 1.